The van der Waals surface area contributed by atoms with Crippen LogP contribution < -0.4 is 5.56 Å². The lowest BCUT2D eigenvalue weighted by atomic mass is 9.86. The van der Waals surface area contributed by atoms with Crippen LogP contribution in [0.5, 0.6) is 0 Å². The van der Waals surface area contributed by atoms with Crippen LogP contribution in [0.3, 0.4) is 0 Å². The summed E-state index contributed by atoms with van der Waals surface area (Å²) in [6.45, 7) is 1.05. The van der Waals surface area contributed by atoms with Crippen molar-refractivity contribution in [3.63, 3.8) is 0 Å². The minimum Gasteiger partial charge on any atom is -0.381 e. The Balaban J connectivity index is 1.55. The summed E-state index contributed by atoms with van der Waals surface area (Å²) in [4.78, 5) is 35.3. The fourth-order valence-corrected chi connectivity index (χ4v) is 5.75. The van der Waals surface area contributed by atoms with Gasteiger partial charge in [0.1, 0.15) is 5.82 Å². The molecule has 1 aliphatic carbocycles. The summed E-state index contributed by atoms with van der Waals surface area (Å²) < 4.78 is 30.6. The van der Waals surface area contributed by atoms with Crippen LogP contribution in [0, 0.1) is 5.92 Å². The number of methoxy groups -OCH3 is 1. The Morgan fingerprint density at radius 1 is 1.17 bits per heavy atom. The second-order valence-corrected chi connectivity index (χ2v) is 10.6. The molecule has 1 aromatic rings. The molecular weight excluding hydrogens is 408 g/mol. The van der Waals surface area contributed by atoms with Gasteiger partial charge in [0.25, 0.3) is 5.56 Å². The number of aromatic nitrogens is 2. The van der Waals surface area contributed by atoms with Gasteiger partial charge in [-0.25, -0.2) is 13.4 Å². The highest BCUT2D eigenvalue weighted by molar-refractivity contribution is 7.88. The molecule has 1 atom stereocenters. The summed E-state index contributed by atoms with van der Waals surface area (Å²) in [6, 6.07) is -0.260. The molecule has 3 aliphatic rings. The zero-order valence-electron chi connectivity index (χ0n) is 17.6. The molecule has 0 spiro atoms. The maximum absolute atomic E-state index is 13.2. The molecule has 2 aliphatic heterocycles. The fraction of sp³-hybridized carbons (Fsp3) is 0.750. The molecule has 1 saturated carbocycles. The van der Waals surface area contributed by atoms with Crippen molar-refractivity contribution in [2.75, 3.05) is 26.5 Å². The molecular formula is C20H30N4O5S. The Kier molecular flexibility index (Phi) is 6.00. The van der Waals surface area contributed by atoms with E-state index in [9.17, 15) is 18.0 Å². The maximum atomic E-state index is 13.2. The van der Waals surface area contributed by atoms with Crippen LogP contribution in [0.2, 0.25) is 0 Å². The third-order valence-corrected chi connectivity index (χ3v) is 7.98. The molecule has 10 heteroatoms. The first-order valence-electron chi connectivity index (χ1n) is 10.7. The zero-order valence-corrected chi connectivity index (χ0v) is 18.4. The van der Waals surface area contributed by atoms with Gasteiger partial charge in [-0.05, 0) is 44.9 Å². The number of rotatable bonds is 4. The molecule has 1 N–H and O–H groups in total. The van der Waals surface area contributed by atoms with E-state index < -0.39 is 10.0 Å². The molecule has 30 heavy (non-hydrogen) atoms. The second kappa shape index (κ2) is 8.39. The first-order chi connectivity index (χ1) is 14.3. The molecule has 1 aromatic heterocycles. The van der Waals surface area contributed by atoms with Gasteiger partial charge in [0, 0.05) is 31.7 Å². The van der Waals surface area contributed by atoms with Crippen molar-refractivity contribution < 1.29 is 17.9 Å². The van der Waals surface area contributed by atoms with Crippen LogP contribution in [0.25, 0.3) is 0 Å². The zero-order chi connectivity index (χ0) is 21.5. The van der Waals surface area contributed by atoms with Crippen molar-refractivity contribution in [2.24, 2.45) is 5.92 Å². The molecule has 0 aromatic carbocycles. The highest BCUT2D eigenvalue weighted by atomic mass is 32.2. The molecule has 0 bridgehead atoms. The number of H-pyrrole nitrogens is 1. The molecule has 3 heterocycles. The normalized spacial score (nSPS) is 27.8. The van der Waals surface area contributed by atoms with Gasteiger partial charge in [0.2, 0.25) is 15.9 Å². The Labute approximate surface area is 176 Å². The van der Waals surface area contributed by atoms with Gasteiger partial charge in [0.05, 0.1) is 30.6 Å². The third kappa shape index (κ3) is 4.17. The Hall–Kier alpha value is -1.78. The number of nitrogens with zero attached hydrogens (tertiary/aromatic N) is 3. The number of amides is 1. The summed E-state index contributed by atoms with van der Waals surface area (Å²) in [5.41, 5.74) is 0.834. The molecule has 166 valence electrons. The quantitative estimate of drug-likeness (QED) is 0.749. The lowest BCUT2D eigenvalue weighted by Crippen LogP contribution is -2.41. The van der Waals surface area contributed by atoms with E-state index in [0.717, 1.165) is 38.5 Å². The van der Waals surface area contributed by atoms with Crippen LogP contribution in [-0.2, 0) is 32.5 Å². The molecule has 1 saturated heterocycles. The van der Waals surface area contributed by atoms with Crippen LogP contribution in [0.15, 0.2) is 4.79 Å². The van der Waals surface area contributed by atoms with E-state index in [1.807, 2.05) is 4.90 Å². The summed E-state index contributed by atoms with van der Waals surface area (Å²) >= 11 is 0. The number of fused-ring (bicyclic) bond motifs is 1. The van der Waals surface area contributed by atoms with Crippen molar-refractivity contribution in [1.29, 1.82) is 0 Å². The number of aromatic amines is 1. The third-order valence-electron chi connectivity index (χ3n) is 6.73. The molecule has 0 unspecified atom stereocenters. The molecule has 1 amide bonds. The van der Waals surface area contributed by atoms with E-state index in [4.69, 9.17) is 4.74 Å². The number of hydrogen-bond donors (Lipinski definition) is 1. The van der Waals surface area contributed by atoms with E-state index in [0.29, 0.717) is 30.0 Å². The standard InChI is InChI=1S/C20H30N4O5S/c1-29-14-7-5-13(6-8-14)20(26)24-10-3-4-17(24)18-21-16-12-23(30(2,27)28)11-9-15(16)19(25)22-18/h13-14,17H,3-12H2,1-2H3,(H,21,22,25)/t13?,14?,17-/m1/s1. The summed E-state index contributed by atoms with van der Waals surface area (Å²) in [5.74, 6) is 0.595. The van der Waals surface area contributed by atoms with Gasteiger partial charge >= 0.3 is 0 Å². The molecule has 2 fully saturated rings. The monoisotopic (exact) mass is 438 g/mol. The van der Waals surface area contributed by atoms with Gasteiger partial charge in [-0.3, -0.25) is 9.59 Å². The van der Waals surface area contributed by atoms with Crippen LogP contribution in [-0.4, -0.2) is 66.1 Å². The van der Waals surface area contributed by atoms with E-state index in [1.54, 1.807) is 7.11 Å². The molecule has 0 radical (unpaired) electrons. The summed E-state index contributed by atoms with van der Waals surface area (Å²) in [6.07, 6.45) is 6.77. The topological polar surface area (TPSA) is 113 Å². The van der Waals surface area contributed by atoms with E-state index >= 15 is 0 Å². The molecule has 9 nitrogen and oxygen atoms in total. The average molecular weight is 439 g/mol. The Bertz CT molecular complexity index is 968. The first-order valence-corrected chi connectivity index (χ1v) is 12.5. The van der Waals surface area contributed by atoms with Gasteiger partial charge < -0.3 is 14.6 Å². The number of carbonyl (C=O) groups is 1. The predicted molar refractivity (Wildman–Crippen MR) is 110 cm³/mol. The van der Waals surface area contributed by atoms with Gasteiger partial charge in [-0.15, -0.1) is 0 Å². The second-order valence-electron chi connectivity index (χ2n) is 8.62. The average Bonchev–Trinajstić information content (AvgIpc) is 3.22. The van der Waals surface area contributed by atoms with E-state index in [-0.39, 0.29) is 42.6 Å². The van der Waals surface area contributed by atoms with Crippen molar-refractivity contribution in [3.05, 3.63) is 27.4 Å². The van der Waals surface area contributed by atoms with Crippen molar-refractivity contribution in [1.82, 2.24) is 19.2 Å². The van der Waals surface area contributed by atoms with Crippen LogP contribution in [0.1, 0.15) is 61.6 Å². The van der Waals surface area contributed by atoms with Gasteiger partial charge in [0.15, 0.2) is 0 Å². The van der Waals surface area contributed by atoms with Crippen molar-refractivity contribution >= 4 is 15.9 Å². The number of nitrogens with one attached hydrogen (secondary N) is 1. The number of sulfonamides is 1. The van der Waals surface area contributed by atoms with E-state index in [1.165, 1.54) is 10.6 Å². The Morgan fingerprint density at radius 2 is 1.90 bits per heavy atom. The number of carbonyl (C=O) groups excluding carboxylic acids is 1. The van der Waals surface area contributed by atoms with Crippen LogP contribution >= 0.6 is 0 Å². The molecule has 4 rings (SSSR count). The van der Waals surface area contributed by atoms with Crippen molar-refractivity contribution in [2.45, 2.75) is 63.6 Å². The maximum Gasteiger partial charge on any atom is 0.254 e. The van der Waals surface area contributed by atoms with E-state index in [2.05, 4.69) is 9.97 Å². The van der Waals surface area contributed by atoms with Gasteiger partial charge in [-0.1, -0.05) is 0 Å². The smallest absolute Gasteiger partial charge is 0.254 e. The van der Waals surface area contributed by atoms with Crippen molar-refractivity contribution in [3.8, 4) is 0 Å². The first kappa shape index (κ1) is 21.5. The SMILES string of the molecule is COC1CCC(C(=O)N2CCC[C@@H]2c2nc3c(c(=O)[nH]2)CCN(S(C)(=O)=O)C3)CC1. The minimum absolute atomic E-state index is 0.0120. The van der Waals surface area contributed by atoms with Crippen LogP contribution in [0.4, 0.5) is 0 Å². The summed E-state index contributed by atoms with van der Waals surface area (Å²) in [7, 11) is -1.64. The lowest BCUT2D eigenvalue weighted by Gasteiger charge is -2.32. The van der Waals surface area contributed by atoms with Gasteiger partial charge in [-0.2, -0.15) is 4.31 Å². The number of hydrogen-bond acceptors (Lipinski definition) is 6. The fourth-order valence-electron chi connectivity index (χ4n) is 4.97. The predicted octanol–water partition coefficient (Wildman–Crippen LogP) is 0.956. The number of ether oxygens (including phenoxy) is 1. The number of likely N-dealkylation sites (tertiary alicyclic amines) is 1. The largest absolute Gasteiger partial charge is 0.381 e. The summed E-state index contributed by atoms with van der Waals surface area (Å²) in [5, 5.41) is 0. The Morgan fingerprint density at radius 3 is 2.57 bits per heavy atom. The highest BCUT2D eigenvalue weighted by Crippen LogP contribution is 2.35. The minimum atomic E-state index is -3.35. The lowest BCUT2D eigenvalue weighted by molar-refractivity contribution is -0.138. The highest BCUT2D eigenvalue weighted by Gasteiger charge is 2.37.